The highest BCUT2D eigenvalue weighted by Crippen LogP contribution is 2.39. The number of fused-ring (bicyclic) bond motifs is 1. The van der Waals surface area contributed by atoms with Crippen molar-refractivity contribution in [3.63, 3.8) is 0 Å². The van der Waals surface area contributed by atoms with Crippen LogP contribution in [0, 0.1) is 0 Å². The van der Waals surface area contributed by atoms with Gasteiger partial charge < -0.3 is 25.3 Å². The molecule has 9 heteroatoms. The van der Waals surface area contributed by atoms with Gasteiger partial charge in [0.2, 0.25) is 12.7 Å². The lowest BCUT2D eigenvalue weighted by Gasteiger charge is -2.03. The number of nitrogens with two attached hydrogens (primary N) is 1. The van der Waals surface area contributed by atoms with E-state index in [2.05, 4.69) is 5.32 Å². The highest BCUT2D eigenvalue weighted by atomic mass is 35.5. The Kier molecular flexibility index (Phi) is 5.42. The molecule has 0 atom stereocenters. The largest absolute Gasteiger partial charge is 0.454 e. The van der Waals surface area contributed by atoms with E-state index in [4.69, 9.17) is 31.5 Å². The Balaban J connectivity index is 1.85. The van der Waals surface area contributed by atoms with Crippen molar-refractivity contribution in [1.29, 1.82) is 0 Å². The molecule has 0 aliphatic carbocycles. The summed E-state index contributed by atoms with van der Waals surface area (Å²) in [5.41, 5.74) is 5.46. The van der Waals surface area contributed by atoms with E-state index in [-0.39, 0.29) is 13.3 Å². The fourth-order valence-electron chi connectivity index (χ4n) is 1.67. The van der Waals surface area contributed by atoms with Crippen LogP contribution in [-0.2, 0) is 19.1 Å². The van der Waals surface area contributed by atoms with Gasteiger partial charge in [-0.05, 0) is 23.8 Å². The molecule has 0 spiro atoms. The first-order valence-electron chi connectivity index (χ1n) is 6.44. The topological polar surface area (TPSA) is 117 Å². The van der Waals surface area contributed by atoms with Crippen LogP contribution in [-0.4, -0.2) is 37.7 Å². The minimum absolute atomic E-state index is 0.0880. The van der Waals surface area contributed by atoms with Crippen LogP contribution in [0.2, 0.25) is 5.02 Å². The van der Waals surface area contributed by atoms with Gasteiger partial charge in [-0.15, -0.1) is 0 Å². The molecule has 0 bridgehead atoms. The van der Waals surface area contributed by atoms with Gasteiger partial charge in [0, 0.05) is 6.08 Å². The van der Waals surface area contributed by atoms with E-state index < -0.39 is 24.4 Å². The van der Waals surface area contributed by atoms with E-state index in [1.807, 2.05) is 0 Å². The van der Waals surface area contributed by atoms with Crippen molar-refractivity contribution >= 4 is 35.5 Å². The predicted octanol–water partition coefficient (Wildman–Crippen LogP) is 0.227. The summed E-state index contributed by atoms with van der Waals surface area (Å²) in [6.07, 6.45) is 2.59. The Morgan fingerprint density at radius 1 is 1.35 bits per heavy atom. The van der Waals surface area contributed by atoms with Crippen LogP contribution in [0.4, 0.5) is 0 Å². The van der Waals surface area contributed by atoms with Gasteiger partial charge >= 0.3 is 5.97 Å². The smallest absolute Gasteiger partial charge is 0.331 e. The summed E-state index contributed by atoms with van der Waals surface area (Å²) in [6.45, 7) is -0.745. The molecule has 1 aliphatic heterocycles. The van der Waals surface area contributed by atoms with Crippen molar-refractivity contribution in [2.45, 2.75) is 0 Å². The zero-order valence-electron chi connectivity index (χ0n) is 11.8. The lowest BCUT2D eigenvalue weighted by atomic mass is 10.2. The van der Waals surface area contributed by atoms with Gasteiger partial charge in [0.25, 0.3) is 5.91 Å². The number of halogens is 1. The van der Waals surface area contributed by atoms with Gasteiger partial charge in [-0.3, -0.25) is 9.59 Å². The number of ether oxygens (including phenoxy) is 3. The molecular formula is C14H13ClN2O6. The Morgan fingerprint density at radius 2 is 2.13 bits per heavy atom. The Morgan fingerprint density at radius 3 is 2.87 bits per heavy atom. The van der Waals surface area contributed by atoms with Gasteiger partial charge in [0.15, 0.2) is 18.1 Å². The summed E-state index contributed by atoms with van der Waals surface area (Å²) in [5.74, 6) is -1.11. The number of hydrogen-bond donors (Lipinski definition) is 2. The lowest BCUT2D eigenvalue weighted by molar-refractivity contribution is -0.143. The standard InChI is InChI=1S/C14H13ClN2O6/c15-9-3-8(4-10-14(9)23-7-22-10)1-2-13(20)21-6-12(19)17-5-11(16)18/h1-4H,5-7H2,(H2,16,18)(H,17,19)/b2-1+. The molecule has 1 aliphatic rings. The third-order valence-electron chi connectivity index (χ3n) is 2.67. The Hall–Kier alpha value is -2.74. The molecule has 122 valence electrons. The van der Waals surface area contributed by atoms with Crippen LogP contribution in [0.25, 0.3) is 6.08 Å². The van der Waals surface area contributed by atoms with Crippen molar-refractivity contribution < 1.29 is 28.6 Å². The van der Waals surface area contributed by atoms with Crippen molar-refractivity contribution in [1.82, 2.24) is 5.32 Å². The number of carbonyl (C=O) groups is 3. The Labute approximate surface area is 136 Å². The maximum Gasteiger partial charge on any atom is 0.331 e. The molecule has 23 heavy (non-hydrogen) atoms. The van der Waals surface area contributed by atoms with Gasteiger partial charge in [-0.1, -0.05) is 11.6 Å². The minimum atomic E-state index is -0.729. The average Bonchev–Trinajstić information content (AvgIpc) is 2.97. The second kappa shape index (κ2) is 7.50. The highest BCUT2D eigenvalue weighted by Gasteiger charge is 2.17. The van der Waals surface area contributed by atoms with E-state index in [0.29, 0.717) is 22.1 Å². The number of amides is 2. The highest BCUT2D eigenvalue weighted by molar-refractivity contribution is 6.32. The number of hydrogen-bond acceptors (Lipinski definition) is 6. The van der Waals surface area contributed by atoms with Gasteiger partial charge in [0.05, 0.1) is 11.6 Å². The molecule has 0 unspecified atom stereocenters. The summed E-state index contributed by atoms with van der Waals surface area (Å²) < 4.78 is 15.1. The normalized spacial score (nSPS) is 12.2. The summed E-state index contributed by atoms with van der Waals surface area (Å²) in [6, 6.07) is 3.25. The van der Waals surface area contributed by atoms with Crippen LogP contribution >= 0.6 is 11.6 Å². The van der Waals surface area contributed by atoms with Crippen LogP contribution < -0.4 is 20.5 Å². The number of benzene rings is 1. The molecule has 0 radical (unpaired) electrons. The Bertz CT molecular complexity index is 673. The molecule has 0 saturated heterocycles. The maximum atomic E-state index is 11.5. The molecule has 3 N–H and O–H groups in total. The number of rotatable bonds is 6. The maximum absolute atomic E-state index is 11.5. The van der Waals surface area contributed by atoms with E-state index in [1.54, 1.807) is 12.1 Å². The molecule has 0 aromatic heterocycles. The number of carbonyl (C=O) groups excluding carboxylic acids is 3. The molecule has 8 nitrogen and oxygen atoms in total. The number of esters is 1. The van der Waals surface area contributed by atoms with Crippen LogP contribution in [0.1, 0.15) is 5.56 Å². The minimum Gasteiger partial charge on any atom is -0.454 e. The third-order valence-corrected chi connectivity index (χ3v) is 2.95. The van der Waals surface area contributed by atoms with Crippen molar-refractivity contribution in [3.05, 3.63) is 28.8 Å². The van der Waals surface area contributed by atoms with E-state index in [1.165, 1.54) is 6.08 Å². The first kappa shape index (κ1) is 16.6. The van der Waals surface area contributed by atoms with Crippen LogP contribution in [0.15, 0.2) is 18.2 Å². The van der Waals surface area contributed by atoms with Crippen molar-refractivity contribution in [3.8, 4) is 11.5 Å². The second-order valence-electron chi connectivity index (χ2n) is 4.42. The number of primary amides is 1. The van der Waals surface area contributed by atoms with Crippen LogP contribution in [0.5, 0.6) is 11.5 Å². The third kappa shape index (κ3) is 4.89. The fraction of sp³-hybridized carbons (Fsp3) is 0.214. The molecule has 2 rings (SSSR count). The summed E-state index contributed by atoms with van der Waals surface area (Å²) in [7, 11) is 0. The quantitative estimate of drug-likeness (QED) is 0.565. The summed E-state index contributed by atoms with van der Waals surface area (Å²) in [4.78, 5) is 33.2. The van der Waals surface area contributed by atoms with E-state index in [0.717, 1.165) is 6.08 Å². The summed E-state index contributed by atoms with van der Waals surface area (Å²) in [5, 5.41) is 2.54. The molecule has 0 saturated carbocycles. The van der Waals surface area contributed by atoms with E-state index >= 15 is 0 Å². The monoisotopic (exact) mass is 340 g/mol. The fourth-order valence-corrected chi connectivity index (χ4v) is 1.94. The number of nitrogens with one attached hydrogen (secondary N) is 1. The van der Waals surface area contributed by atoms with Crippen LogP contribution in [0.3, 0.4) is 0 Å². The molecule has 1 heterocycles. The van der Waals surface area contributed by atoms with Crippen molar-refractivity contribution in [2.24, 2.45) is 5.73 Å². The zero-order chi connectivity index (χ0) is 16.8. The molecule has 2 amide bonds. The van der Waals surface area contributed by atoms with Gasteiger partial charge in [-0.2, -0.15) is 0 Å². The summed E-state index contributed by atoms with van der Waals surface area (Å²) >= 11 is 6.01. The average molecular weight is 341 g/mol. The molecule has 1 aromatic rings. The predicted molar refractivity (Wildman–Crippen MR) is 79.8 cm³/mol. The van der Waals surface area contributed by atoms with E-state index in [9.17, 15) is 14.4 Å². The van der Waals surface area contributed by atoms with Crippen molar-refractivity contribution in [2.75, 3.05) is 19.9 Å². The lowest BCUT2D eigenvalue weighted by Crippen LogP contribution is -2.35. The first-order chi connectivity index (χ1) is 11.0. The molecule has 0 fully saturated rings. The zero-order valence-corrected chi connectivity index (χ0v) is 12.6. The second-order valence-corrected chi connectivity index (χ2v) is 4.83. The van der Waals surface area contributed by atoms with Gasteiger partial charge in [-0.25, -0.2) is 4.79 Å². The first-order valence-corrected chi connectivity index (χ1v) is 6.82. The van der Waals surface area contributed by atoms with Gasteiger partial charge in [0.1, 0.15) is 0 Å². The molecule has 1 aromatic carbocycles. The SMILES string of the molecule is NC(=O)CNC(=O)COC(=O)/C=C/c1cc(Cl)c2c(c1)OCO2. The molecular weight excluding hydrogens is 328 g/mol.